The van der Waals surface area contributed by atoms with Gasteiger partial charge in [0.25, 0.3) is 0 Å². The van der Waals surface area contributed by atoms with Crippen LogP contribution >= 0.6 is 0 Å². The molecule has 0 aliphatic rings. The summed E-state index contributed by atoms with van der Waals surface area (Å²) in [5.74, 6) is 0. The fourth-order valence-electron chi connectivity index (χ4n) is 1.28. The van der Waals surface area contributed by atoms with Gasteiger partial charge in [-0.15, -0.1) is 0 Å². The minimum atomic E-state index is -0.957. The van der Waals surface area contributed by atoms with Crippen LogP contribution in [0.3, 0.4) is 0 Å². The van der Waals surface area contributed by atoms with Crippen molar-refractivity contribution in [1.29, 1.82) is 0 Å². The van der Waals surface area contributed by atoms with Gasteiger partial charge in [-0.1, -0.05) is 0 Å². The predicted molar refractivity (Wildman–Crippen MR) is 49.3 cm³/mol. The van der Waals surface area contributed by atoms with Crippen molar-refractivity contribution < 1.29 is 9.84 Å². The third-order valence-corrected chi connectivity index (χ3v) is 1.96. The van der Waals surface area contributed by atoms with Gasteiger partial charge in [-0.05, 0) is 19.9 Å². The van der Waals surface area contributed by atoms with Crippen LogP contribution in [0, 0.1) is 0 Å². The number of aryl methyl sites for hydroxylation is 1. The molecule has 4 nitrogen and oxygen atoms in total. The van der Waals surface area contributed by atoms with Crippen molar-refractivity contribution in [2.45, 2.75) is 19.4 Å². The van der Waals surface area contributed by atoms with E-state index < -0.39 is 5.60 Å². The SMILES string of the molecule is CCOCC(C)(O)c1ccnn1C. The lowest BCUT2D eigenvalue weighted by Crippen LogP contribution is -2.30. The van der Waals surface area contributed by atoms with Crippen LogP contribution in [0.2, 0.25) is 0 Å². The molecule has 1 atom stereocenters. The summed E-state index contributed by atoms with van der Waals surface area (Å²) in [5.41, 5.74) is -0.192. The second-order valence-corrected chi connectivity index (χ2v) is 3.25. The average Bonchev–Trinajstić information content (AvgIpc) is 2.48. The van der Waals surface area contributed by atoms with E-state index in [1.54, 1.807) is 30.9 Å². The van der Waals surface area contributed by atoms with Crippen molar-refractivity contribution in [3.8, 4) is 0 Å². The third kappa shape index (κ3) is 2.29. The highest BCUT2D eigenvalue weighted by atomic mass is 16.5. The predicted octanol–water partition coefficient (Wildman–Crippen LogP) is 0.664. The van der Waals surface area contributed by atoms with E-state index in [2.05, 4.69) is 5.10 Å². The molecule has 1 rings (SSSR count). The van der Waals surface area contributed by atoms with Crippen LogP contribution in [-0.2, 0) is 17.4 Å². The quantitative estimate of drug-likeness (QED) is 0.748. The fraction of sp³-hybridized carbons (Fsp3) is 0.667. The Hall–Kier alpha value is -0.870. The Morgan fingerprint density at radius 3 is 2.85 bits per heavy atom. The van der Waals surface area contributed by atoms with Gasteiger partial charge in [0.15, 0.2) is 0 Å². The van der Waals surface area contributed by atoms with E-state index in [-0.39, 0.29) is 0 Å². The zero-order chi connectivity index (χ0) is 9.90. The van der Waals surface area contributed by atoms with E-state index in [1.807, 2.05) is 6.92 Å². The maximum atomic E-state index is 10.0. The first kappa shape index (κ1) is 10.2. The van der Waals surface area contributed by atoms with Crippen molar-refractivity contribution in [3.05, 3.63) is 18.0 Å². The molecule has 0 saturated carbocycles. The van der Waals surface area contributed by atoms with Crippen LogP contribution in [0.15, 0.2) is 12.3 Å². The van der Waals surface area contributed by atoms with Crippen LogP contribution in [0.4, 0.5) is 0 Å². The molecule has 4 heteroatoms. The minimum absolute atomic E-state index is 0.295. The standard InChI is InChI=1S/C9H16N2O2/c1-4-13-7-9(2,12)8-5-6-10-11(8)3/h5-6,12H,4,7H2,1-3H3. The number of nitrogens with zero attached hydrogens (tertiary/aromatic N) is 2. The number of aliphatic hydroxyl groups is 1. The molecule has 0 aromatic carbocycles. The second-order valence-electron chi connectivity index (χ2n) is 3.25. The number of ether oxygens (including phenoxy) is 1. The maximum Gasteiger partial charge on any atom is 0.126 e. The molecule has 1 unspecified atom stereocenters. The molecule has 13 heavy (non-hydrogen) atoms. The van der Waals surface area contributed by atoms with Gasteiger partial charge < -0.3 is 9.84 Å². The topological polar surface area (TPSA) is 47.3 Å². The number of hydrogen-bond donors (Lipinski definition) is 1. The molecular formula is C9H16N2O2. The lowest BCUT2D eigenvalue weighted by Gasteiger charge is -2.22. The molecular weight excluding hydrogens is 168 g/mol. The van der Waals surface area contributed by atoms with Crippen LogP contribution in [-0.4, -0.2) is 28.1 Å². The van der Waals surface area contributed by atoms with E-state index in [0.717, 1.165) is 5.69 Å². The molecule has 0 spiro atoms. The zero-order valence-electron chi connectivity index (χ0n) is 8.32. The summed E-state index contributed by atoms with van der Waals surface area (Å²) in [6.45, 7) is 4.52. The summed E-state index contributed by atoms with van der Waals surface area (Å²) < 4.78 is 6.84. The molecule has 74 valence electrons. The Labute approximate surface area is 78.1 Å². The van der Waals surface area contributed by atoms with Gasteiger partial charge in [0.05, 0.1) is 12.3 Å². The van der Waals surface area contributed by atoms with E-state index in [9.17, 15) is 5.11 Å². The van der Waals surface area contributed by atoms with E-state index in [1.165, 1.54) is 0 Å². The lowest BCUT2D eigenvalue weighted by molar-refractivity contribution is -0.0395. The molecule has 1 N–H and O–H groups in total. The number of hydrogen-bond acceptors (Lipinski definition) is 3. The van der Waals surface area contributed by atoms with Crippen molar-refractivity contribution in [2.24, 2.45) is 7.05 Å². The molecule has 0 fully saturated rings. The molecule has 0 amide bonds. The van der Waals surface area contributed by atoms with Crippen LogP contribution < -0.4 is 0 Å². The maximum absolute atomic E-state index is 10.0. The van der Waals surface area contributed by atoms with Crippen LogP contribution in [0.1, 0.15) is 19.5 Å². The summed E-state index contributed by atoms with van der Waals surface area (Å²) in [6, 6.07) is 1.79. The molecule has 0 aliphatic carbocycles. The van der Waals surface area contributed by atoms with Gasteiger partial charge in [-0.3, -0.25) is 4.68 Å². The first-order valence-corrected chi connectivity index (χ1v) is 4.36. The van der Waals surface area contributed by atoms with Crippen LogP contribution in [0.25, 0.3) is 0 Å². The summed E-state index contributed by atoms with van der Waals surface area (Å²) in [4.78, 5) is 0. The summed E-state index contributed by atoms with van der Waals surface area (Å²) in [7, 11) is 1.80. The van der Waals surface area contributed by atoms with Crippen molar-refractivity contribution >= 4 is 0 Å². The molecule has 0 radical (unpaired) electrons. The Morgan fingerprint density at radius 2 is 2.38 bits per heavy atom. The zero-order valence-corrected chi connectivity index (χ0v) is 8.32. The summed E-state index contributed by atoms with van der Waals surface area (Å²) in [6.07, 6.45) is 1.66. The highest BCUT2D eigenvalue weighted by Gasteiger charge is 2.26. The Balaban J connectivity index is 2.74. The van der Waals surface area contributed by atoms with Gasteiger partial charge in [-0.2, -0.15) is 5.10 Å². The Kier molecular flexibility index (Phi) is 3.06. The highest BCUT2D eigenvalue weighted by Crippen LogP contribution is 2.19. The molecule has 0 aliphatic heterocycles. The first-order valence-electron chi connectivity index (χ1n) is 4.36. The van der Waals surface area contributed by atoms with Gasteiger partial charge >= 0.3 is 0 Å². The Morgan fingerprint density at radius 1 is 1.69 bits per heavy atom. The monoisotopic (exact) mass is 184 g/mol. The largest absolute Gasteiger partial charge is 0.381 e. The summed E-state index contributed by atoms with van der Waals surface area (Å²) in [5, 5.41) is 14.0. The van der Waals surface area contributed by atoms with Crippen LogP contribution in [0.5, 0.6) is 0 Å². The first-order chi connectivity index (χ1) is 6.08. The number of rotatable bonds is 4. The smallest absolute Gasteiger partial charge is 0.126 e. The molecule has 1 aromatic rings. The minimum Gasteiger partial charge on any atom is -0.381 e. The second kappa shape index (κ2) is 3.89. The van der Waals surface area contributed by atoms with E-state index >= 15 is 0 Å². The molecule has 0 bridgehead atoms. The lowest BCUT2D eigenvalue weighted by atomic mass is 10.0. The van der Waals surface area contributed by atoms with Crippen molar-refractivity contribution in [2.75, 3.05) is 13.2 Å². The van der Waals surface area contributed by atoms with Gasteiger partial charge in [0.1, 0.15) is 5.60 Å². The van der Waals surface area contributed by atoms with Crippen molar-refractivity contribution in [1.82, 2.24) is 9.78 Å². The third-order valence-electron chi connectivity index (χ3n) is 1.96. The van der Waals surface area contributed by atoms with Gasteiger partial charge in [0.2, 0.25) is 0 Å². The molecule has 0 saturated heterocycles. The Bertz CT molecular complexity index is 268. The van der Waals surface area contributed by atoms with E-state index in [4.69, 9.17) is 4.74 Å². The fourth-order valence-corrected chi connectivity index (χ4v) is 1.28. The molecule has 1 heterocycles. The normalized spacial score (nSPS) is 15.7. The van der Waals surface area contributed by atoms with E-state index in [0.29, 0.717) is 13.2 Å². The molecule has 1 aromatic heterocycles. The van der Waals surface area contributed by atoms with Gasteiger partial charge in [0, 0.05) is 19.9 Å². The summed E-state index contributed by atoms with van der Waals surface area (Å²) >= 11 is 0. The highest BCUT2D eigenvalue weighted by molar-refractivity contribution is 5.10. The number of aromatic nitrogens is 2. The van der Waals surface area contributed by atoms with Crippen molar-refractivity contribution in [3.63, 3.8) is 0 Å². The van der Waals surface area contributed by atoms with Gasteiger partial charge in [-0.25, -0.2) is 0 Å². The average molecular weight is 184 g/mol.